The minimum atomic E-state index is -4.69. The molecule has 0 aromatic heterocycles. The normalized spacial score (nSPS) is 23.3. The largest absolute Gasteiger partial charge is 0.419 e. The van der Waals surface area contributed by atoms with Crippen LogP contribution in [0.1, 0.15) is 17.2 Å². The van der Waals surface area contributed by atoms with Crippen molar-refractivity contribution in [2.45, 2.75) is 18.3 Å². The van der Waals surface area contributed by atoms with Crippen molar-refractivity contribution in [3.05, 3.63) is 35.1 Å². The SMILES string of the molecule is CN1CCN(C)C(C(N)c2ccc(C(F)(F)F)c(F)c2)C1. The van der Waals surface area contributed by atoms with Gasteiger partial charge in [-0.25, -0.2) is 4.39 Å². The monoisotopic (exact) mass is 305 g/mol. The fourth-order valence-electron chi connectivity index (χ4n) is 2.62. The molecule has 3 nitrogen and oxygen atoms in total. The first-order valence-corrected chi connectivity index (χ1v) is 6.71. The fourth-order valence-corrected chi connectivity index (χ4v) is 2.62. The Labute approximate surface area is 121 Å². The van der Waals surface area contributed by atoms with Crippen molar-refractivity contribution in [1.82, 2.24) is 9.80 Å². The number of hydrogen-bond donors (Lipinski definition) is 1. The minimum Gasteiger partial charge on any atom is -0.323 e. The van der Waals surface area contributed by atoms with Gasteiger partial charge >= 0.3 is 6.18 Å². The van der Waals surface area contributed by atoms with Gasteiger partial charge in [0.1, 0.15) is 5.82 Å². The summed E-state index contributed by atoms with van der Waals surface area (Å²) in [5, 5.41) is 0. The number of rotatable bonds is 2. The molecule has 0 amide bonds. The molecule has 0 aliphatic carbocycles. The first-order chi connectivity index (χ1) is 9.70. The summed E-state index contributed by atoms with van der Waals surface area (Å²) in [6.07, 6.45) is -4.69. The molecule has 0 spiro atoms. The molecule has 7 heteroatoms. The minimum absolute atomic E-state index is 0.0557. The first kappa shape index (κ1) is 16.2. The van der Waals surface area contributed by atoms with Crippen LogP contribution in [-0.4, -0.2) is 49.6 Å². The average molecular weight is 305 g/mol. The fraction of sp³-hybridized carbons (Fsp3) is 0.571. The molecule has 2 unspecified atom stereocenters. The lowest BCUT2D eigenvalue weighted by molar-refractivity contribution is -0.140. The van der Waals surface area contributed by atoms with Crippen LogP contribution in [0.5, 0.6) is 0 Å². The number of halogens is 4. The molecular weight excluding hydrogens is 286 g/mol. The Kier molecular flexibility index (Phi) is 4.55. The van der Waals surface area contributed by atoms with Gasteiger partial charge in [-0.2, -0.15) is 13.2 Å². The maximum absolute atomic E-state index is 13.6. The van der Waals surface area contributed by atoms with Crippen LogP contribution in [-0.2, 0) is 6.18 Å². The van der Waals surface area contributed by atoms with Gasteiger partial charge in [-0.3, -0.25) is 4.90 Å². The number of hydrogen-bond acceptors (Lipinski definition) is 3. The molecule has 2 rings (SSSR count). The van der Waals surface area contributed by atoms with E-state index in [9.17, 15) is 17.6 Å². The van der Waals surface area contributed by atoms with E-state index in [0.717, 1.165) is 25.2 Å². The Morgan fingerprint density at radius 1 is 1.24 bits per heavy atom. The highest BCUT2D eigenvalue weighted by Gasteiger charge is 2.35. The van der Waals surface area contributed by atoms with Gasteiger partial charge in [0, 0.05) is 31.7 Å². The van der Waals surface area contributed by atoms with E-state index in [1.54, 1.807) is 0 Å². The Balaban J connectivity index is 2.23. The summed E-state index contributed by atoms with van der Waals surface area (Å²) in [6.45, 7) is 2.42. The maximum Gasteiger partial charge on any atom is 0.419 e. The van der Waals surface area contributed by atoms with Gasteiger partial charge in [0.05, 0.1) is 5.56 Å². The van der Waals surface area contributed by atoms with E-state index in [4.69, 9.17) is 5.73 Å². The number of nitrogens with two attached hydrogens (primary N) is 1. The van der Waals surface area contributed by atoms with E-state index in [1.165, 1.54) is 6.07 Å². The third kappa shape index (κ3) is 3.53. The Morgan fingerprint density at radius 2 is 1.90 bits per heavy atom. The molecule has 1 aromatic rings. The van der Waals surface area contributed by atoms with Crippen LogP contribution in [0, 0.1) is 5.82 Å². The predicted octanol–water partition coefficient (Wildman–Crippen LogP) is 2.09. The summed E-state index contributed by atoms with van der Waals surface area (Å²) >= 11 is 0. The Hall–Kier alpha value is -1.18. The van der Waals surface area contributed by atoms with Crippen molar-refractivity contribution in [2.24, 2.45) is 5.73 Å². The third-order valence-electron chi connectivity index (χ3n) is 4.00. The summed E-state index contributed by atoms with van der Waals surface area (Å²) in [7, 11) is 3.87. The summed E-state index contributed by atoms with van der Waals surface area (Å²) in [5.41, 5.74) is 5.26. The molecule has 1 aromatic carbocycles. The van der Waals surface area contributed by atoms with Crippen molar-refractivity contribution >= 4 is 0 Å². The molecule has 0 radical (unpaired) electrons. The topological polar surface area (TPSA) is 32.5 Å². The number of likely N-dealkylation sites (N-methyl/N-ethyl adjacent to an activating group) is 2. The number of piperazine rings is 1. The summed E-state index contributed by atoms with van der Waals surface area (Å²) in [6, 6.07) is 2.33. The molecule has 1 fully saturated rings. The highest BCUT2D eigenvalue weighted by atomic mass is 19.4. The van der Waals surface area contributed by atoms with Gasteiger partial charge in [-0.1, -0.05) is 6.07 Å². The van der Waals surface area contributed by atoms with Crippen molar-refractivity contribution in [3.63, 3.8) is 0 Å². The van der Waals surface area contributed by atoms with Gasteiger partial charge in [0.2, 0.25) is 0 Å². The average Bonchev–Trinajstić information content (AvgIpc) is 2.39. The highest BCUT2D eigenvalue weighted by molar-refractivity contribution is 5.29. The summed E-state index contributed by atoms with van der Waals surface area (Å²) in [4.78, 5) is 4.16. The predicted molar refractivity (Wildman–Crippen MR) is 72.2 cm³/mol. The standard InChI is InChI=1S/C14H19F4N3/c1-20-5-6-21(2)12(8-20)13(19)9-3-4-10(11(15)7-9)14(16,17)18/h3-4,7,12-13H,5-6,8,19H2,1-2H3. The second-order valence-electron chi connectivity index (χ2n) is 5.57. The van der Waals surface area contributed by atoms with Crippen molar-refractivity contribution in [1.29, 1.82) is 0 Å². The number of benzene rings is 1. The molecule has 0 saturated carbocycles. The number of alkyl halides is 3. The van der Waals surface area contributed by atoms with Crippen molar-refractivity contribution in [2.75, 3.05) is 33.7 Å². The lowest BCUT2D eigenvalue weighted by Gasteiger charge is -2.40. The molecular formula is C14H19F4N3. The lowest BCUT2D eigenvalue weighted by atomic mass is 9.96. The van der Waals surface area contributed by atoms with Crippen LogP contribution in [0.15, 0.2) is 18.2 Å². The zero-order valence-electron chi connectivity index (χ0n) is 12.0. The van der Waals surface area contributed by atoms with Gasteiger partial charge in [-0.15, -0.1) is 0 Å². The van der Waals surface area contributed by atoms with Crippen LogP contribution in [0.4, 0.5) is 17.6 Å². The van der Waals surface area contributed by atoms with Gasteiger partial charge in [0.25, 0.3) is 0 Å². The van der Waals surface area contributed by atoms with E-state index >= 15 is 0 Å². The van der Waals surface area contributed by atoms with E-state index in [0.29, 0.717) is 12.1 Å². The van der Waals surface area contributed by atoms with Gasteiger partial charge in [0.15, 0.2) is 0 Å². The van der Waals surface area contributed by atoms with E-state index in [2.05, 4.69) is 9.80 Å². The molecule has 1 heterocycles. The molecule has 2 atom stereocenters. The maximum atomic E-state index is 13.6. The second kappa shape index (κ2) is 5.90. The van der Waals surface area contributed by atoms with Crippen molar-refractivity contribution < 1.29 is 17.6 Å². The van der Waals surface area contributed by atoms with E-state index in [1.807, 2.05) is 14.1 Å². The van der Waals surface area contributed by atoms with Crippen LogP contribution in [0.3, 0.4) is 0 Å². The van der Waals surface area contributed by atoms with Gasteiger partial charge < -0.3 is 10.6 Å². The van der Waals surface area contributed by atoms with Crippen LogP contribution in [0.25, 0.3) is 0 Å². The molecule has 1 aliphatic heterocycles. The zero-order chi connectivity index (χ0) is 15.8. The molecule has 0 bridgehead atoms. The van der Waals surface area contributed by atoms with E-state index in [-0.39, 0.29) is 6.04 Å². The zero-order valence-corrected chi connectivity index (χ0v) is 12.0. The Bertz CT molecular complexity index is 503. The molecule has 1 aliphatic rings. The quantitative estimate of drug-likeness (QED) is 0.849. The highest BCUT2D eigenvalue weighted by Crippen LogP contribution is 2.33. The van der Waals surface area contributed by atoms with Crippen LogP contribution < -0.4 is 5.73 Å². The molecule has 118 valence electrons. The Morgan fingerprint density at radius 3 is 2.48 bits per heavy atom. The summed E-state index contributed by atoms with van der Waals surface area (Å²) in [5.74, 6) is -1.28. The smallest absolute Gasteiger partial charge is 0.323 e. The second-order valence-corrected chi connectivity index (χ2v) is 5.57. The van der Waals surface area contributed by atoms with Crippen LogP contribution in [0.2, 0.25) is 0 Å². The lowest BCUT2D eigenvalue weighted by Crippen LogP contribution is -2.54. The third-order valence-corrected chi connectivity index (χ3v) is 4.00. The van der Waals surface area contributed by atoms with E-state index < -0.39 is 23.6 Å². The molecule has 21 heavy (non-hydrogen) atoms. The first-order valence-electron chi connectivity index (χ1n) is 6.71. The van der Waals surface area contributed by atoms with Crippen LogP contribution >= 0.6 is 0 Å². The molecule has 2 N–H and O–H groups in total. The van der Waals surface area contributed by atoms with Gasteiger partial charge in [-0.05, 0) is 31.8 Å². The van der Waals surface area contributed by atoms with Crippen molar-refractivity contribution in [3.8, 4) is 0 Å². The molecule has 1 saturated heterocycles. The number of nitrogens with zero attached hydrogens (tertiary/aromatic N) is 2. The summed E-state index contributed by atoms with van der Waals surface area (Å²) < 4.78 is 51.3.